The first kappa shape index (κ1) is 18.3. The van der Waals surface area contributed by atoms with Crippen LogP contribution in [-0.4, -0.2) is 32.2 Å². The molecule has 2 atom stereocenters. The van der Waals surface area contributed by atoms with Crippen molar-refractivity contribution in [1.82, 2.24) is 20.3 Å². The molecule has 2 aromatic rings. The number of amides is 1. The molecule has 2 heterocycles. The number of nitrogens with zero attached hydrogens (tertiary/aromatic N) is 3. The minimum atomic E-state index is -0.443. The second kappa shape index (κ2) is 6.68. The van der Waals surface area contributed by atoms with Gasteiger partial charge in [0, 0.05) is 24.4 Å². The van der Waals surface area contributed by atoms with E-state index < -0.39 is 5.82 Å². The number of pyridine rings is 1. The molecular weight excluding hydrogens is 371 g/mol. The summed E-state index contributed by atoms with van der Waals surface area (Å²) in [6.07, 6.45) is 10.5. The van der Waals surface area contributed by atoms with Gasteiger partial charge >= 0.3 is 0 Å². The third-order valence-corrected chi connectivity index (χ3v) is 6.88. The zero-order valence-corrected chi connectivity index (χ0v) is 16.1. The Labute approximate surface area is 168 Å². The Bertz CT molecular complexity index is 933. The van der Waals surface area contributed by atoms with Crippen LogP contribution < -0.4 is 5.32 Å². The molecule has 1 N–H and O–H groups in total. The predicted molar refractivity (Wildman–Crippen MR) is 102 cm³/mol. The Morgan fingerprint density at radius 2 is 1.79 bits per heavy atom. The van der Waals surface area contributed by atoms with Crippen molar-refractivity contribution in [2.75, 3.05) is 0 Å². The number of rotatable bonds is 5. The highest BCUT2D eigenvalue weighted by molar-refractivity contribution is 5.94. The van der Waals surface area contributed by atoms with E-state index in [0.717, 1.165) is 38.3 Å². The van der Waals surface area contributed by atoms with Crippen molar-refractivity contribution in [2.45, 2.75) is 50.5 Å². The molecule has 0 radical (unpaired) electrons. The number of ketones is 1. The smallest absolute Gasteiger partial charge is 0.289 e. The fourth-order valence-corrected chi connectivity index (χ4v) is 6.49. The molecule has 0 spiro atoms. The standard InChI is InChI=1S/C22H23FN4O2/c23-16-2-3-17(26-12-16)18(28)11-21-7-14-6-15(8-21)10-22(9-14,13-21)27-20(29)19-24-4-1-5-25-19/h1-5,12,14-15H,6-11,13H2,(H,27,29). The van der Waals surface area contributed by atoms with Gasteiger partial charge in [0.1, 0.15) is 11.5 Å². The molecule has 4 aliphatic rings. The normalized spacial score (nSPS) is 32.2. The topological polar surface area (TPSA) is 84.8 Å². The van der Waals surface area contributed by atoms with Crippen molar-refractivity contribution in [1.29, 1.82) is 0 Å². The maximum Gasteiger partial charge on any atom is 0.289 e. The number of hydrogen-bond acceptors (Lipinski definition) is 5. The summed E-state index contributed by atoms with van der Waals surface area (Å²) in [5, 5.41) is 3.25. The van der Waals surface area contributed by atoms with Gasteiger partial charge in [-0.05, 0) is 74.0 Å². The lowest BCUT2D eigenvalue weighted by molar-refractivity contribution is -0.0772. The fourth-order valence-electron chi connectivity index (χ4n) is 6.49. The second-order valence-electron chi connectivity index (χ2n) is 9.23. The number of aromatic nitrogens is 3. The van der Waals surface area contributed by atoms with E-state index in [4.69, 9.17) is 0 Å². The van der Waals surface area contributed by atoms with E-state index in [-0.39, 0.29) is 28.5 Å². The third kappa shape index (κ3) is 3.43. The highest BCUT2D eigenvalue weighted by Gasteiger charge is 2.58. The number of nitrogens with one attached hydrogen (secondary N) is 1. The first-order valence-corrected chi connectivity index (χ1v) is 10.2. The minimum absolute atomic E-state index is 0.0418. The Hall–Kier alpha value is -2.70. The van der Waals surface area contributed by atoms with Crippen LogP contribution in [0.1, 0.15) is 66.1 Å². The average Bonchev–Trinajstić information content (AvgIpc) is 2.67. The quantitative estimate of drug-likeness (QED) is 0.786. The molecule has 6 nitrogen and oxygen atoms in total. The van der Waals surface area contributed by atoms with Crippen molar-refractivity contribution >= 4 is 11.7 Å². The zero-order valence-electron chi connectivity index (χ0n) is 16.1. The molecule has 6 rings (SSSR count). The number of carbonyl (C=O) groups is 2. The highest BCUT2D eigenvalue weighted by Crippen LogP contribution is 2.63. The van der Waals surface area contributed by atoms with Crippen LogP contribution in [-0.2, 0) is 0 Å². The van der Waals surface area contributed by atoms with Gasteiger partial charge in [0.2, 0.25) is 5.82 Å². The van der Waals surface area contributed by atoms with E-state index in [2.05, 4.69) is 20.3 Å². The van der Waals surface area contributed by atoms with Gasteiger partial charge in [-0.25, -0.2) is 14.4 Å². The van der Waals surface area contributed by atoms with E-state index in [9.17, 15) is 14.0 Å². The minimum Gasteiger partial charge on any atom is -0.344 e. The van der Waals surface area contributed by atoms with Crippen molar-refractivity contribution in [2.24, 2.45) is 17.3 Å². The summed E-state index contributed by atoms with van der Waals surface area (Å²) in [4.78, 5) is 37.8. The van der Waals surface area contributed by atoms with Gasteiger partial charge in [0.15, 0.2) is 5.78 Å². The van der Waals surface area contributed by atoms with Crippen LogP contribution in [0.15, 0.2) is 36.8 Å². The fraction of sp³-hybridized carbons (Fsp3) is 0.500. The van der Waals surface area contributed by atoms with Crippen molar-refractivity contribution in [3.05, 3.63) is 54.1 Å². The molecule has 2 aromatic heterocycles. The summed E-state index contributed by atoms with van der Waals surface area (Å²) in [6, 6.07) is 4.43. The van der Waals surface area contributed by atoms with E-state index >= 15 is 0 Å². The van der Waals surface area contributed by atoms with E-state index in [1.807, 2.05) is 0 Å². The van der Waals surface area contributed by atoms with Crippen LogP contribution in [0.25, 0.3) is 0 Å². The molecule has 1 amide bonds. The molecule has 29 heavy (non-hydrogen) atoms. The molecule has 150 valence electrons. The molecule has 4 aliphatic carbocycles. The number of carbonyl (C=O) groups excluding carboxylic acids is 2. The van der Waals surface area contributed by atoms with Gasteiger partial charge in [0.05, 0.1) is 6.20 Å². The lowest BCUT2D eigenvalue weighted by atomic mass is 9.46. The van der Waals surface area contributed by atoms with Crippen molar-refractivity contribution in [3.8, 4) is 0 Å². The predicted octanol–water partition coefficient (Wildman–Crippen LogP) is 3.35. The number of Topliss-reactive ketones (excluding diaryl/α,β-unsaturated/α-hetero) is 1. The van der Waals surface area contributed by atoms with Gasteiger partial charge < -0.3 is 5.32 Å². The Morgan fingerprint density at radius 3 is 2.45 bits per heavy atom. The van der Waals surface area contributed by atoms with E-state index in [0.29, 0.717) is 24.0 Å². The largest absolute Gasteiger partial charge is 0.344 e. The zero-order chi connectivity index (χ0) is 20.1. The van der Waals surface area contributed by atoms with Crippen LogP contribution in [0.4, 0.5) is 4.39 Å². The lowest BCUT2D eigenvalue weighted by Gasteiger charge is -2.62. The van der Waals surface area contributed by atoms with E-state index in [1.165, 1.54) is 18.6 Å². The average molecular weight is 394 g/mol. The third-order valence-electron chi connectivity index (χ3n) is 6.88. The van der Waals surface area contributed by atoms with Crippen LogP contribution in [0, 0.1) is 23.1 Å². The first-order chi connectivity index (χ1) is 13.9. The molecule has 2 unspecified atom stereocenters. The Kier molecular flexibility index (Phi) is 4.22. The SMILES string of the molecule is O=C(CC12CC3CC(C1)CC(NC(=O)c1ncccn1)(C3)C2)c1ccc(F)cn1. The summed E-state index contributed by atoms with van der Waals surface area (Å²) in [7, 11) is 0. The molecule has 4 saturated carbocycles. The Morgan fingerprint density at radius 1 is 1.07 bits per heavy atom. The maximum absolute atomic E-state index is 13.2. The summed E-state index contributed by atoms with van der Waals surface area (Å²) < 4.78 is 13.2. The molecule has 0 saturated heterocycles. The van der Waals surface area contributed by atoms with Crippen LogP contribution in [0.5, 0.6) is 0 Å². The lowest BCUT2D eigenvalue weighted by Crippen LogP contribution is -2.63. The first-order valence-electron chi connectivity index (χ1n) is 10.2. The van der Waals surface area contributed by atoms with Crippen molar-refractivity contribution < 1.29 is 14.0 Å². The van der Waals surface area contributed by atoms with E-state index in [1.54, 1.807) is 18.5 Å². The van der Waals surface area contributed by atoms with Gasteiger partial charge in [-0.15, -0.1) is 0 Å². The number of halogens is 1. The second-order valence-corrected chi connectivity index (χ2v) is 9.23. The van der Waals surface area contributed by atoms with Crippen LogP contribution in [0.2, 0.25) is 0 Å². The van der Waals surface area contributed by atoms with Crippen LogP contribution in [0.3, 0.4) is 0 Å². The van der Waals surface area contributed by atoms with Gasteiger partial charge in [-0.3, -0.25) is 14.6 Å². The molecule has 4 fully saturated rings. The summed E-state index contributed by atoms with van der Waals surface area (Å²) in [6.45, 7) is 0. The van der Waals surface area contributed by atoms with Gasteiger partial charge in [0.25, 0.3) is 5.91 Å². The number of hydrogen-bond donors (Lipinski definition) is 1. The molecule has 4 bridgehead atoms. The molecule has 0 aromatic carbocycles. The van der Waals surface area contributed by atoms with Gasteiger partial charge in [-0.2, -0.15) is 0 Å². The highest BCUT2D eigenvalue weighted by atomic mass is 19.1. The van der Waals surface area contributed by atoms with Crippen molar-refractivity contribution in [3.63, 3.8) is 0 Å². The summed E-state index contributed by atoms with van der Waals surface area (Å²) in [5.74, 6) is 0.489. The Balaban J connectivity index is 1.37. The maximum atomic E-state index is 13.2. The monoisotopic (exact) mass is 394 g/mol. The molecule has 0 aliphatic heterocycles. The molecule has 7 heteroatoms. The van der Waals surface area contributed by atoms with Gasteiger partial charge in [-0.1, -0.05) is 0 Å². The van der Waals surface area contributed by atoms with Crippen LogP contribution >= 0.6 is 0 Å². The molecular formula is C22H23FN4O2. The summed E-state index contributed by atoms with van der Waals surface area (Å²) >= 11 is 0. The summed E-state index contributed by atoms with van der Waals surface area (Å²) in [5.41, 5.74) is -0.100.